The second-order valence-corrected chi connectivity index (χ2v) is 6.02. The van der Waals surface area contributed by atoms with E-state index in [-0.39, 0.29) is 11.3 Å². The Labute approximate surface area is 135 Å². The molecule has 0 saturated carbocycles. The van der Waals surface area contributed by atoms with Crippen LogP contribution in [0.3, 0.4) is 0 Å². The fraction of sp³-hybridized carbons (Fsp3) is 0.429. The molecule has 5 atom stereocenters. The molecule has 2 aromatic rings. The molecule has 6 N–H and O–H groups in total. The van der Waals surface area contributed by atoms with Gasteiger partial charge in [-0.15, -0.1) is 0 Å². The van der Waals surface area contributed by atoms with Gasteiger partial charge in [0.15, 0.2) is 12.4 Å². The number of fused-ring (bicyclic) bond motifs is 1. The fourth-order valence-electron chi connectivity index (χ4n) is 2.90. The molecule has 3 rings (SSSR count). The maximum atomic E-state index is 11.0. The van der Waals surface area contributed by atoms with Crippen LogP contribution in [0.4, 0.5) is 0 Å². The summed E-state index contributed by atoms with van der Waals surface area (Å²) in [5.74, 6) is -0.227. The highest BCUT2D eigenvalue weighted by atomic mass is 35.5. The minimum absolute atomic E-state index is 0.227. The second-order valence-electron chi connectivity index (χ2n) is 5.44. The SMILES string of the molecule is OC[C@H]1O[C@H](O)[C@@H](O)[C@](O)(n2cc(O)c3ccccc32)[C@@]1(O)Cl. The lowest BCUT2D eigenvalue weighted by molar-refractivity contribution is -0.360. The van der Waals surface area contributed by atoms with Gasteiger partial charge in [0.25, 0.3) is 0 Å². The molecule has 1 aliphatic rings. The summed E-state index contributed by atoms with van der Waals surface area (Å²) in [6.07, 6.45) is -4.49. The summed E-state index contributed by atoms with van der Waals surface area (Å²) in [5, 5.41) is 58.5. The van der Waals surface area contributed by atoms with Gasteiger partial charge in [-0.25, -0.2) is 0 Å². The maximum Gasteiger partial charge on any atom is 0.220 e. The number of hydrogen-bond donors (Lipinski definition) is 6. The Balaban J connectivity index is 2.28. The van der Waals surface area contributed by atoms with Crippen LogP contribution in [0.15, 0.2) is 30.5 Å². The molecule has 1 saturated heterocycles. The number of halogens is 1. The normalized spacial score (nSPS) is 38.1. The molecule has 1 aromatic carbocycles. The molecule has 0 unspecified atom stereocenters. The van der Waals surface area contributed by atoms with Crippen LogP contribution in [0, 0.1) is 0 Å². The van der Waals surface area contributed by atoms with Crippen molar-refractivity contribution in [2.75, 3.05) is 6.61 Å². The van der Waals surface area contributed by atoms with Gasteiger partial charge in [0.2, 0.25) is 10.8 Å². The lowest BCUT2D eigenvalue weighted by atomic mass is 9.90. The van der Waals surface area contributed by atoms with E-state index in [4.69, 9.17) is 16.3 Å². The molecule has 1 fully saturated rings. The third-order valence-corrected chi connectivity index (χ3v) is 4.67. The van der Waals surface area contributed by atoms with Gasteiger partial charge >= 0.3 is 0 Å². The number of aromatic hydroxyl groups is 1. The van der Waals surface area contributed by atoms with Gasteiger partial charge in [-0.05, 0) is 12.1 Å². The van der Waals surface area contributed by atoms with Crippen molar-refractivity contribution in [1.29, 1.82) is 0 Å². The summed E-state index contributed by atoms with van der Waals surface area (Å²) in [7, 11) is 0. The van der Waals surface area contributed by atoms with Crippen molar-refractivity contribution in [1.82, 2.24) is 4.57 Å². The lowest BCUT2D eigenvalue weighted by Gasteiger charge is -2.51. The molecule has 2 heterocycles. The molecule has 8 nitrogen and oxygen atoms in total. The van der Waals surface area contributed by atoms with Gasteiger partial charge < -0.3 is 39.9 Å². The summed E-state index contributed by atoms with van der Waals surface area (Å²) in [4.78, 5) is 0. The summed E-state index contributed by atoms with van der Waals surface area (Å²) >= 11 is 6.00. The van der Waals surface area contributed by atoms with Gasteiger partial charge in [0.1, 0.15) is 11.9 Å². The Morgan fingerprint density at radius 1 is 1.22 bits per heavy atom. The quantitative estimate of drug-likeness (QED) is 0.384. The topological polar surface area (TPSA) is 136 Å². The number of para-hydroxylation sites is 1. The van der Waals surface area contributed by atoms with Gasteiger partial charge in [-0.3, -0.25) is 0 Å². The van der Waals surface area contributed by atoms with Crippen molar-refractivity contribution < 1.29 is 35.4 Å². The minimum atomic E-state index is -2.69. The molecule has 0 spiro atoms. The Morgan fingerprint density at radius 2 is 1.87 bits per heavy atom. The maximum absolute atomic E-state index is 11.0. The molecule has 1 aliphatic heterocycles. The molecule has 0 aliphatic carbocycles. The van der Waals surface area contributed by atoms with E-state index in [1.54, 1.807) is 18.2 Å². The van der Waals surface area contributed by atoms with Crippen LogP contribution in [-0.2, 0) is 10.5 Å². The van der Waals surface area contributed by atoms with E-state index in [9.17, 15) is 30.6 Å². The molecule has 126 valence electrons. The Morgan fingerprint density at radius 3 is 2.52 bits per heavy atom. The molecule has 9 heteroatoms. The molecule has 23 heavy (non-hydrogen) atoms. The minimum Gasteiger partial charge on any atom is -0.506 e. The smallest absolute Gasteiger partial charge is 0.220 e. The zero-order valence-electron chi connectivity index (χ0n) is 11.7. The zero-order valence-corrected chi connectivity index (χ0v) is 12.5. The number of aromatic nitrogens is 1. The summed E-state index contributed by atoms with van der Waals surface area (Å²) in [6, 6.07) is 6.34. The molecule has 0 amide bonds. The van der Waals surface area contributed by atoms with Crippen molar-refractivity contribution in [2.24, 2.45) is 0 Å². The lowest BCUT2D eigenvalue weighted by Crippen LogP contribution is -2.72. The summed E-state index contributed by atoms with van der Waals surface area (Å²) in [6.45, 7) is -0.822. The predicted octanol–water partition coefficient (Wildman–Crippen LogP) is -1.01. The van der Waals surface area contributed by atoms with E-state index in [2.05, 4.69) is 0 Å². The van der Waals surface area contributed by atoms with Crippen molar-refractivity contribution in [3.8, 4) is 5.75 Å². The number of aliphatic hydroxyl groups excluding tert-OH is 3. The number of benzene rings is 1. The molecule has 0 bridgehead atoms. The zero-order chi connectivity index (χ0) is 17.0. The van der Waals surface area contributed by atoms with Crippen LogP contribution in [0.5, 0.6) is 5.75 Å². The first kappa shape index (κ1) is 16.5. The number of alkyl halides is 1. The Hall–Kier alpha value is -1.39. The van der Waals surface area contributed by atoms with Crippen molar-refractivity contribution in [3.05, 3.63) is 30.5 Å². The van der Waals surface area contributed by atoms with Crippen molar-refractivity contribution >= 4 is 22.5 Å². The largest absolute Gasteiger partial charge is 0.506 e. The first-order valence-corrected chi connectivity index (χ1v) is 7.18. The van der Waals surface area contributed by atoms with Crippen molar-refractivity contribution in [3.63, 3.8) is 0 Å². The number of ether oxygens (including phenoxy) is 1. The van der Waals surface area contributed by atoms with Gasteiger partial charge in [-0.2, -0.15) is 0 Å². The number of rotatable bonds is 2. The fourth-order valence-corrected chi connectivity index (χ4v) is 3.22. The van der Waals surface area contributed by atoms with E-state index < -0.39 is 35.9 Å². The predicted molar refractivity (Wildman–Crippen MR) is 78.6 cm³/mol. The third-order valence-electron chi connectivity index (χ3n) is 4.15. The Kier molecular flexibility index (Phi) is 3.81. The molecular weight excluding hydrogens is 330 g/mol. The van der Waals surface area contributed by atoms with Crippen LogP contribution in [0.1, 0.15) is 0 Å². The van der Waals surface area contributed by atoms with Crippen LogP contribution < -0.4 is 0 Å². The Bertz CT molecular complexity index is 733. The molecule has 0 radical (unpaired) electrons. The van der Waals surface area contributed by atoms with Crippen molar-refractivity contribution in [2.45, 2.75) is 29.3 Å². The van der Waals surface area contributed by atoms with E-state index in [0.29, 0.717) is 5.39 Å². The standard InChI is InChI=1S/C14H16ClNO7/c15-13(21)10(6-17)23-12(20)11(19)14(13,22)16-5-9(18)7-3-1-2-4-8(7)16/h1-5,10-12,17-22H,6H2/t10-,11-,12+,13-,14-/m1/s1. The average molecular weight is 346 g/mol. The van der Waals surface area contributed by atoms with Gasteiger partial charge in [-0.1, -0.05) is 23.7 Å². The number of hydrogen-bond acceptors (Lipinski definition) is 7. The van der Waals surface area contributed by atoms with Gasteiger partial charge in [0, 0.05) is 11.6 Å². The van der Waals surface area contributed by atoms with Crippen LogP contribution in [0.2, 0.25) is 0 Å². The molecular formula is C14H16ClNO7. The second kappa shape index (κ2) is 5.32. The summed E-state index contributed by atoms with van der Waals surface area (Å²) in [5.41, 5.74) is -2.43. The average Bonchev–Trinajstić information content (AvgIpc) is 2.87. The third kappa shape index (κ3) is 2.08. The highest BCUT2D eigenvalue weighted by molar-refractivity contribution is 6.24. The van der Waals surface area contributed by atoms with E-state index >= 15 is 0 Å². The van der Waals surface area contributed by atoms with E-state index in [0.717, 1.165) is 10.8 Å². The van der Waals surface area contributed by atoms with E-state index in [1.165, 1.54) is 6.07 Å². The van der Waals surface area contributed by atoms with Crippen LogP contribution >= 0.6 is 11.6 Å². The van der Waals surface area contributed by atoms with Crippen LogP contribution in [0.25, 0.3) is 10.9 Å². The summed E-state index contributed by atoms with van der Waals surface area (Å²) < 4.78 is 5.78. The highest BCUT2D eigenvalue weighted by Gasteiger charge is 2.65. The molecule has 1 aromatic heterocycles. The van der Waals surface area contributed by atoms with E-state index in [1.807, 2.05) is 0 Å². The van der Waals surface area contributed by atoms with Gasteiger partial charge in [0.05, 0.1) is 12.1 Å². The number of aliphatic hydroxyl groups is 5. The monoisotopic (exact) mass is 345 g/mol. The number of nitrogens with zero attached hydrogens (tertiary/aromatic N) is 1. The highest BCUT2D eigenvalue weighted by Crippen LogP contribution is 2.46. The van der Waals surface area contributed by atoms with Crippen LogP contribution in [-0.4, -0.2) is 65.4 Å². The first-order chi connectivity index (χ1) is 10.7. The first-order valence-electron chi connectivity index (χ1n) is 6.80.